The average molecular weight is 331 g/mol. The number of anilines is 2. The van der Waals surface area contributed by atoms with Crippen LogP contribution in [0.3, 0.4) is 0 Å². The molecular formula is C17H25N5S. The summed E-state index contributed by atoms with van der Waals surface area (Å²) in [6.07, 6.45) is 8.22. The molecular weight excluding hydrogens is 306 g/mol. The van der Waals surface area contributed by atoms with Gasteiger partial charge >= 0.3 is 0 Å². The topological polar surface area (TPSA) is 53.9 Å². The Hall–Kier alpha value is -1.69. The van der Waals surface area contributed by atoms with Gasteiger partial charge in [0.25, 0.3) is 0 Å². The third-order valence-corrected chi connectivity index (χ3v) is 5.43. The zero-order chi connectivity index (χ0) is 16.1. The lowest BCUT2D eigenvalue weighted by Gasteiger charge is -2.31. The van der Waals surface area contributed by atoms with Gasteiger partial charge in [0.05, 0.1) is 5.01 Å². The van der Waals surface area contributed by atoms with Gasteiger partial charge in [0.1, 0.15) is 18.0 Å². The monoisotopic (exact) mass is 331 g/mol. The summed E-state index contributed by atoms with van der Waals surface area (Å²) < 4.78 is 0. The molecule has 0 aromatic carbocycles. The summed E-state index contributed by atoms with van der Waals surface area (Å²) in [5, 5.41) is 4.59. The molecule has 2 aromatic heterocycles. The first kappa shape index (κ1) is 16.2. The van der Waals surface area contributed by atoms with Gasteiger partial charge in [-0.25, -0.2) is 15.0 Å². The Kier molecular flexibility index (Phi) is 5.43. The fraction of sp³-hybridized carbons (Fsp3) is 0.588. The quantitative estimate of drug-likeness (QED) is 0.879. The van der Waals surface area contributed by atoms with Crippen molar-refractivity contribution in [1.29, 1.82) is 0 Å². The van der Waals surface area contributed by atoms with Crippen molar-refractivity contribution in [3.8, 4) is 0 Å². The van der Waals surface area contributed by atoms with Crippen LogP contribution in [-0.4, -0.2) is 34.6 Å². The molecule has 5 nitrogen and oxygen atoms in total. The van der Waals surface area contributed by atoms with E-state index in [2.05, 4.69) is 45.1 Å². The third kappa shape index (κ3) is 4.41. The summed E-state index contributed by atoms with van der Waals surface area (Å²) in [5.41, 5.74) is 0. The standard InChI is InChI=1S/C17H25N5S/c1-3-14-10-19-17(23-14)6-7-18-15-9-16(21-12-20-15)22-8-4-5-13(2)11-22/h9-10,12-13H,3-8,11H2,1-2H3,(H,18,20,21). The highest BCUT2D eigenvalue weighted by molar-refractivity contribution is 7.11. The maximum Gasteiger partial charge on any atom is 0.134 e. The Balaban J connectivity index is 1.55. The summed E-state index contributed by atoms with van der Waals surface area (Å²) >= 11 is 1.80. The van der Waals surface area contributed by atoms with E-state index in [1.165, 1.54) is 22.7 Å². The number of rotatable bonds is 6. The second kappa shape index (κ2) is 7.73. The zero-order valence-electron chi connectivity index (χ0n) is 14.0. The number of aromatic nitrogens is 3. The first-order valence-corrected chi connectivity index (χ1v) is 9.30. The van der Waals surface area contributed by atoms with Crippen LogP contribution in [0, 0.1) is 5.92 Å². The minimum Gasteiger partial charge on any atom is -0.369 e. The normalized spacial score (nSPS) is 18.2. The lowest BCUT2D eigenvalue weighted by atomic mass is 10.0. The first-order chi connectivity index (χ1) is 11.2. The van der Waals surface area contributed by atoms with Gasteiger partial charge in [0.15, 0.2) is 0 Å². The predicted molar refractivity (Wildman–Crippen MR) is 96.3 cm³/mol. The van der Waals surface area contributed by atoms with Gasteiger partial charge in [-0.3, -0.25) is 0 Å². The smallest absolute Gasteiger partial charge is 0.134 e. The van der Waals surface area contributed by atoms with Gasteiger partial charge in [-0.05, 0) is 25.2 Å². The van der Waals surface area contributed by atoms with E-state index in [9.17, 15) is 0 Å². The van der Waals surface area contributed by atoms with E-state index in [1.54, 1.807) is 17.7 Å². The van der Waals surface area contributed by atoms with E-state index in [0.29, 0.717) is 0 Å². The van der Waals surface area contributed by atoms with E-state index >= 15 is 0 Å². The zero-order valence-corrected chi connectivity index (χ0v) is 14.8. The summed E-state index contributed by atoms with van der Waals surface area (Å²) in [4.78, 5) is 17.0. The maximum atomic E-state index is 4.46. The van der Waals surface area contributed by atoms with Gasteiger partial charge in [0.2, 0.25) is 0 Å². The van der Waals surface area contributed by atoms with Crippen molar-refractivity contribution in [2.45, 2.75) is 39.5 Å². The molecule has 0 bridgehead atoms. The van der Waals surface area contributed by atoms with Crippen molar-refractivity contribution < 1.29 is 0 Å². The molecule has 6 heteroatoms. The second-order valence-corrected chi connectivity index (χ2v) is 7.41. The molecule has 23 heavy (non-hydrogen) atoms. The van der Waals surface area contributed by atoms with Crippen LogP contribution in [0.4, 0.5) is 11.6 Å². The number of nitrogens with one attached hydrogen (secondary N) is 1. The molecule has 1 aliphatic rings. The summed E-state index contributed by atoms with van der Waals surface area (Å²) in [5.74, 6) is 2.69. The lowest BCUT2D eigenvalue weighted by molar-refractivity contribution is 0.444. The Labute approximate surface area is 142 Å². The number of hydrogen-bond donors (Lipinski definition) is 1. The molecule has 1 atom stereocenters. The molecule has 1 N–H and O–H groups in total. The van der Waals surface area contributed by atoms with Crippen molar-refractivity contribution in [3.05, 3.63) is 28.5 Å². The number of thiazole rings is 1. The molecule has 0 aliphatic carbocycles. The third-order valence-electron chi connectivity index (χ3n) is 4.23. The summed E-state index contributed by atoms with van der Waals surface area (Å²) in [7, 11) is 0. The van der Waals surface area contributed by atoms with Gasteiger partial charge < -0.3 is 10.2 Å². The average Bonchev–Trinajstić information content (AvgIpc) is 3.03. The number of nitrogens with zero attached hydrogens (tertiary/aromatic N) is 4. The van der Waals surface area contributed by atoms with E-state index in [-0.39, 0.29) is 0 Å². The van der Waals surface area contributed by atoms with E-state index in [4.69, 9.17) is 0 Å². The highest BCUT2D eigenvalue weighted by Gasteiger charge is 2.17. The molecule has 124 valence electrons. The fourth-order valence-corrected chi connectivity index (χ4v) is 3.80. The first-order valence-electron chi connectivity index (χ1n) is 8.49. The molecule has 0 spiro atoms. The van der Waals surface area contributed by atoms with Crippen LogP contribution in [0.5, 0.6) is 0 Å². The van der Waals surface area contributed by atoms with Crippen LogP contribution in [0.1, 0.15) is 36.6 Å². The van der Waals surface area contributed by atoms with Crippen LogP contribution in [0.2, 0.25) is 0 Å². The Morgan fingerprint density at radius 1 is 1.35 bits per heavy atom. The molecule has 1 saturated heterocycles. The Bertz CT molecular complexity index is 627. The predicted octanol–water partition coefficient (Wildman–Crippen LogP) is 3.39. The summed E-state index contributed by atoms with van der Waals surface area (Å²) in [6, 6.07) is 2.07. The molecule has 2 aromatic rings. The second-order valence-electron chi connectivity index (χ2n) is 6.21. The highest BCUT2D eigenvalue weighted by atomic mass is 32.1. The summed E-state index contributed by atoms with van der Waals surface area (Å²) in [6.45, 7) is 7.52. The van der Waals surface area contributed by atoms with Crippen molar-refractivity contribution in [2.24, 2.45) is 5.92 Å². The van der Waals surface area contributed by atoms with Crippen LogP contribution < -0.4 is 10.2 Å². The van der Waals surface area contributed by atoms with Gasteiger partial charge in [-0.1, -0.05) is 13.8 Å². The van der Waals surface area contributed by atoms with E-state index in [0.717, 1.165) is 50.0 Å². The number of aryl methyl sites for hydroxylation is 1. The molecule has 3 rings (SSSR count). The highest BCUT2D eigenvalue weighted by Crippen LogP contribution is 2.22. The van der Waals surface area contributed by atoms with Crippen LogP contribution in [0.25, 0.3) is 0 Å². The minimum atomic E-state index is 0.743. The van der Waals surface area contributed by atoms with E-state index < -0.39 is 0 Å². The van der Waals surface area contributed by atoms with E-state index in [1.807, 2.05) is 6.20 Å². The van der Waals surface area contributed by atoms with Crippen molar-refractivity contribution in [3.63, 3.8) is 0 Å². The van der Waals surface area contributed by atoms with Gasteiger partial charge in [0, 0.05) is 43.2 Å². The van der Waals surface area contributed by atoms with Crippen LogP contribution >= 0.6 is 11.3 Å². The van der Waals surface area contributed by atoms with Gasteiger partial charge in [-0.2, -0.15) is 0 Å². The van der Waals surface area contributed by atoms with Crippen molar-refractivity contribution in [1.82, 2.24) is 15.0 Å². The van der Waals surface area contributed by atoms with Crippen LogP contribution in [-0.2, 0) is 12.8 Å². The SMILES string of the molecule is CCc1cnc(CCNc2cc(N3CCCC(C)C3)ncn2)s1. The van der Waals surface area contributed by atoms with Gasteiger partial charge in [-0.15, -0.1) is 11.3 Å². The Morgan fingerprint density at radius 3 is 3.04 bits per heavy atom. The lowest BCUT2D eigenvalue weighted by Crippen LogP contribution is -2.34. The molecule has 1 aliphatic heterocycles. The maximum absolute atomic E-state index is 4.46. The molecule has 1 unspecified atom stereocenters. The van der Waals surface area contributed by atoms with Crippen LogP contribution in [0.15, 0.2) is 18.6 Å². The fourth-order valence-electron chi connectivity index (χ4n) is 2.94. The molecule has 0 amide bonds. The molecule has 0 radical (unpaired) electrons. The number of hydrogen-bond acceptors (Lipinski definition) is 6. The molecule has 3 heterocycles. The minimum absolute atomic E-state index is 0.743. The largest absolute Gasteiger partial charge is 0.369 e. The van der Waals surface area contributed by atoms with Crippen molar-refractivity contribution in [2.75, 3.05) is 29.9 Å². The number of piperidine rings is 1. The molecule has 0 saturated carbocycles. The van der Waals surface area contributed by atoms with Crippen molar-refractivity contribution >= 4 is 23.0 Å². The molecule has 1 fully saturated rings. The Morgan fingerprint density at radius 2 is 2.26 bits per heavy atom.